The standard InChI is InChI=1S/C11H14O.C8H8O.C5H8O2/c1-3-4-11(12)10-7-5-9(2)6-8-10;1-7-2-4-8(6-9)5-3-7;1-3-4-7-5(2)6/h3,5-8,11-12H,1,4H2,2H3;2-6H,1H3;3H,1,4H2,2H3. The highest BCUT2D eigenvalue weighted by Crippen LogP contribution is 2.16. The van der Waals surface area contributed by atoms with E-state index >= 15 is 0 Å². The SMILES string of the molecule is C=CCC(O)c1ccc(C)cc1.C=CCOC(C)=O.Cc1ccc(C=O)cc1. The highest BCUT2D eigenvalue weighted by atomic mass is 16.5. The van der Waals surface area contributed by atoms with Crippen LogP contribution in [0.15, 0.2) is 73.8 Å². The van der Waals surface area contributed by atoms with Gasteiger partial charge in [-0.3, -0.25) is 9.59 Å². The molecule has 2 aromatic carbocycles. The summed E-state index contributed by atoms with van der Waals surface area (Å²) < 4.78 is 4.43. The van der Waals surface area contributed by atoms with Crippen molar-refractivity contribution in [1.29, 1.82) is 0 Å². The molecule has 0 aliphatic rings. The van der Waals surface area contributed by atoms with Crippen LogP contribution in [0.5, 0.6) is 0 Å². The Morgan fingerprint density at radius 2 is 1.50 bits per heavy atom. The molecule has 1 atom stereocenters. The lowest BCUT2D eigenvalue weighted by Crippen LogP contribution is -1.96. The summed E-state index contributed by atoms with van der Waals surface area (Å²) in [4.78, 5) is 20.1. The molecule has 1 N–H and O–H groups in total. The fraction of sp³-hybridized carbons (Fsp3) is 0.250. The van der Waals surface area contributed by atoms with Crippen molar-refractivity contribution >= 4 is 12.3 Å². The quantitative estimate of drug-likeness (QED) is 0.426. The average molecular weight is 383 g/mol. The summed E-state index contributed by atoms with van der Waals surface area (Å²) in [5.74, 6) is -0.264. The van der Waals surface area contributed by atoms with Crippen molar-refractivity contribution in [3.63, 3.8) is 0 Å². The number of benzene rings is 2. The topological polar surface area (TPSA) is 63.6 Å². The van der Waals surface area contributed by atoms with Crippen molar-refractivity contribution < 1.29 is 19.4 Å². The van der Waals surface area contributed by atoms with Gasteiger partial charge in [-0.2, -0.15) is 0 Å². The van der Waals surface area contributed by atoms with Crippen LogP contribution in [0.2, 0.25) is 0 Å². The molecule has 2 rings (SSSR count). The summed E-state index contributed by atoms with van der Waals surface area (Å²) in [5, 5.41) is 9.54. The molecule has 28 heavy (non-hydrogen) atoms. The van der Waals surface area contributed by atoms with Crippen molar-refractivity contribution in [3.05, 3.63) is 96.1 Å². The zero-order chi connectivity index (χ0) is 21.4. The average Bonchev–Trinajstić information content (AvgIpc) is 2.68. The Bertz CT molecular complexity index is 715. The van der Waals surface area contributed by atoms with E-state index in [9.17, 15) is 14.7 Å². The second-order valence-corrected chi connectivity index (χ2v) is 6.07. The molecule has 0 aliphatic heterocycles. The van der Waals surface area contributed by atoms with Gasteiger partial charge in [0.25, 0.3) is 0 Å². The smallest absolute Gasteiger partial charge is 0.302 e. The molecule has 150 valence electrons. The molecular weight excluding hydrogens is 352 g/mol. The van der Waals surface area contributed by atoms with Gasteiger partial charge in [0.2, 0.25) is 0 Å². The van der Waals surface area contributed by atoms with E-state index in [4.69, 9.17) is 0 Å². The first-order chi connectivity index (χ1) is 13.3. The molecule has 0 saturated carbocycles. The first kappa shape index (κ1) is 25.0. The molecule has 4 nitrogen and oxygen atoms in total. The third-order valence-corrected chi connectivity index (χ3v) is 3.47. The van der Waals surface area contributed by atoms with Gasteiger partial charge in [-0.25, -0.2) is 0 Å². The monoisotopic (exact) mass is 382 g/mol. The Morgan fingerprint density at radius 1 is 1.00 bits per heavy atom. The predicted octanol–water partition coefficient (Wildman–Crippen LogP) is 5.15. The number of aryl methyl sites for hydroxylation is 2. The first-order valence-corrected chi connectivity index (χ1v) is 8.95. The van der Waals surface area contributed by atoms with Crippen LogP contribution in [0, 0.1) is 13.8 Å². The van der Waals surface area contributed by atoms with Crippen LogP contribution in [0.4, 0.5) is 0 Å². The number of ether oxygens (including phenoxy) is 1. The van der Waals surface area contributed by atoms with E-state index < -0.39 is 6.10 Å². The highest BCUT2D eigenvalue weighted by Gasteiger charge is 2.03. The molecule has 0 heterocycles. The minimum absolute atomic E-state index is 0.264. The lowest BCUT2D eigenvalue weighted by Gasteiger charge is -2.07. The molecule has 0 saturated heterocycles. The van der Waals surface area contributed by atoms with Gasteiger partial charge in [0.05, 0.1) is 6.10 Å². The number of esters is 1. The maximum atomic E-state index is 10.1. The summed E-state index contributed by atoms with van der Waals surface area (Å²) in [5.41, 5.74) is 4.09. The molecule has 4 heteroatoms. The summed E-state index contributed by atoms with van der Waals surface area (Å²) in [6, 6.07) is 15.4. The maximum absolute atomic E-state index is 10.1. The van der Waals surface area contributed by atoms with Crippen LogP contribution in [-0.4, -0.2) is 24.0 Å². The van der Waals surface area contributed by atoms with E-state index in [-0.39, 0.29) is 5.97 Å². The normalized spacial score (nSPS) is 10.1. The van der Waals surface area contributed by atoms with Crippen LogP contribution in [0.1, 0.15) is 46.5 Å². The van der Waals surface area contributed by atoms with Gasteiger partial charge in [-0.15, -0.1) is 6.58 Å². The lowest BCUT2D eigenvalue weighted by molar-refractivity contribution is -0.139. The Labute approximate surface area is 168 Å². The van der Waals surface area contributed by atoms with Gasteiger partial charge in [0.15, 0.2) is 0 Å². The minimum atomic E-state index is -0.400. The van der Waals surface area contributed by atoms with Crippen molar-refractivity contribution in [3.8, 4) is 0 Å². The van der Waals surface area contributed by atoms with E-state index in [1.807, 2.05) is 62.4 Å². The second kappa shape index (κ2) is 15.1. The zero-order valence-corrected chi connectivity index (χ0v) is 16.9. The molecule has 0 amide bonds. The number of carbonyl (C=O) groups is 2. The fourth-order valence-electron chi connectivity index (χ4n) is 1.90. The Kier molecular flexibility index (Phi) is 13.5. The largest absolute Gasteiger partial charge is 0.462 e. The summed E-state index contributed by atoms with van der Waals surface area (Å²) in [6.07, 6.45) is 4.32. The molecule has 0 fully saturated rings. The Morgan fingerprint density at radius 3 is 1.86 bits per heavy atom. The molecule has 0 bridgehead atoms. The second-order valence-electron chi connectivity index (χ2n) is 6.07. The summed E-state index contributed by atoms with van der Waals surface area (Å²) in [6.45, 7) is 12.6. The van der Waals surface area contributed by atoms with Gasteiger partial charge in [0.1, 0.15) is 12.9 Å². The Balaban J connectivity index is 0.000000408. The van der Waals surface area contributed by atoms with Crippen LogP contribution >= 0.6 is 0 Å². The third-order valence-electron chi connectivity index (χ3n) is 3.47. The molecular formula is C24H30O4. The highest BCUT2D eigenvalue weighted by molar-refractivity contribution is 5.74. The van der Waals surface area contributed by atoms with E-state index in [1.165, 1.54) is 24.1 Å². The first-order valence-electron chi connectivity index (χ1n) is 8.95. The molecule has 0 aromatic heterocycles. The van der Waals surface area contributed by atoms with Crippen molar-refractivity contribution in [2.24, 2.45) is 0 Å². The number of aliphatic hydroxyl groups excluding tert-OH is 1. The van der Waals surface area contributed by atoms with Gasteiger partial charge >= 0.3 is 5.97 Å². The Hall–Kier alpha value is -2.98. The van der Waals surface area contributed by atoms with E-state index in [0.717, 1.165) is 17.4 Å². The van der Waals surface area contributed by atoms with Gasteiger partial charge in [-0.1, -0.05) is 78.4 Å². The van der Waals surface area contributed by atoms with Crippen LogP contribution in [-0.2, 0) is 9.53 Å². The van der Waals surface area contributed by atoms with E-state index in [1.54, 1.807) is 6.08 Å². The number of carbonyl (C=O) groups excluding carboxylic acids is 2. The molecule has 0 radical (unpaired) electrons. The van der Waals surface area contributed by atoms with Crippen molar-refractivity contribution in [1.82, 2.24) is 0 Å². The van der Waals surface area contributed by atoms with Crippen LogP contribution < -0.4 is 0 Å². The van der Waals surface area contributed by atoms with Gasteiger partial charge in [0, 0.05) is 12.5 Å². The van der Waals surface area contributed by atoms with Gasteiger partial charge in [-0.05, 0) is 25.8 Å². The minimum Gasteiger partial charge on any atom is -0.462 e. The summed E-state index contributed by atoms with van der Waals surface area (Å²) >= 11 is 0. The zero-order valence-electron chi connectivity index (χ0n) is 16.9. The molecule has 2 aromatic rings. The van der Waals surface area contributed by atoms with Crippen LogP contribution in [0.3, 0.4) is 0 Å². The van der Waals surface area contributed by atoms with E-state index in [2.05, 4.69) is 17.9 Å². The molecule has 0 spiro atoms. The number of hydrogen-bond acceptors (Lipinski definition) is 4. The molecule has 1 unspecified atom stereocenters. The number of hydrogen-bond donors (Lipinski definition) is 1. The van der Waals surface area contributed by atoms with E-state index in [0.29, 0.717) is 13.0 Å². The number of aliphatic hydroxyl groups is 1. The molecule has 0 aliphatic carbocycles. The van der Waals surface area contributed by atoms with Crippen LogP contribution in [0.25, 0.3) is 0 Å². The number of aldehydes is 1. The van der Waals surface area contributed by atoms with Crippen molar-refractivity contribution in [2.75, 3.05) is 6.61 Å². The predicted molar refractivity (Wildman–Crippen MR) is 114 cm³/mol. The van der Waals surface area contributed by atoms with Crippen molar-refractivity contribution in [2.45, 2.75) is 33.3 Å². The lowest BCUT2D eigenvalue weighted by atomic mass is 10.1. The third kappa shape index (κ3) is 12.4. The fourth-order valence-corrected chi connectivity index (χ4v) is 1.90. The van der Waals surface area contributed by atoms with Gasteiger partial charge < -0.3 is 9.84 Å². The maximum Gasteiger partial charge on any atom is 0.302 e. The number of rotatable bonds is 6. The summed E-state index contributed by atoms with van der Waals surface area (Å²) in [7, 11) is 0.